The summed E-state index contributed by atoms with van der Waals surface area (Å²) in [4.78, 5) is 27.1. The lowest BCUT2D eigenvalue weighted by atomic mass is 9.99. The fourth-order valence-corrected chi connectivity index (χ4v) is 4.23. The molecule has 4 rings (SSSR count). The van der Waals surface area contributed by atoms with Crippen LogP contribution in [0.25, 0.3) is 0 Å². The predicted octanol–water partition coefficient (Wildman–Crippen LogP) is 3.64. The number of nitrogens with zero attached hydrogens (tertiary/aromatic N) is 3. The highest BCUT2D eigenvalue weighted by Crippen LogP contribution is 2.19. The third-order valence-corrected chi connectivity index (χ3v) is 5.96. The highest BCUT2D eigenvalue weighted by atomic mass is 16.2. The number of amides is 2. The van der Waals surface area contributed by atoms with Crippen LogP contribution >= 0.6 is 0 Å². The molecule has 2 aromatic carbocycles. The van der Waals surface area contributed by atoms with Crippen LogP contribution in [0.2, 0.25) is 0 Å². The second kappa shape index (κ2) is 9.81. The van der Waals surface area contributed by atoms with Crippen LogP contribution in [0, 0.1) is 13.8 Å². The molecule has 3 aromatic rings. The Hall–Kier alpha value is -3.41. The number of hydrogen-bond donors (Lipinski definition) is 1. The highest BCUT2D eigenvalue weighted by Gasteiger charge is 2.19. The van der Waals surface area contributed by atoms with Gasteiger partial charge in [0.25, 0.3) is 5.91 Å². The first-order valence-corrected chi connectivity index (χ1v) is 11.2. The smallest absolute Gasteiger partial charge is 0.251 e. The molecule has 2 amide bonds. The minimum Gasteiger partial charge on any atom is -0.352 e. The van der Waals surface area contributed by atoms with Crippen LogP contribution in [-0.2, 0) is 24.3 Å². The van der Waals surface area contributed by atoms with E-state index in [4.69, 9.17) is 0 Å². The SMILES string of the molecule is Cc1cc(C)n(Cc2cccc(C(=O)NCCCC(=O)N3CCc4ccccc4C3)c2)n1. The summed E-state index contributed by atoms with van der Waals surface area (Å²) in [6, 6.07) is 18.0. The Morgan fingerprint density at radius 3 is 2.62 bits per heavy atom. The molecule has 1 aromatic heterocycles. The van der Waals surface area contributed by atoms with Crippen molar-refractivity contribution in [2.75, 3.05) is 13.1 Å². The zero-order chi connectivity index (χ0) is 22.5. The van der Waals surface area contributed by atoms with E-state index in [1.54, 1.807) is 0 Å². The average Bonchev–Trinajstić information content (AvgIpc) is 3.12. The van der Waals surface area contributed by atoms with E-state index in [-0.39, 0.29) is 11.8 Å². The van der Waals surface area contributed by atoms with Crippen LogP contribution in [0.1, 0.15) is 51.3 Å². The third-order valence-electron chi connectivity index (χ3n) is 5.96. The Bertz CT molecular complexity index is 1120. The highest BCUT2D eigenvalue weighted by molar-refractivity contribution is 5.94. The van der Waals surface area contributed by atoms with Crippen molar-refractivity contribution in [2.24, 2.45) is 0 Å². The van der Waals surface area contributed by atoms with Crippen molar-refractivity contribution in [2.45, 2.75) is 46.2 Å². The second-order valence-corrected chi connectivity index (χ2v) is 8.48. The van der Waals surface area contributed by atoms with E-state index in [0.29, 0.717) is 38.0 Å². The predicted molar refractivity (Wildman–Crippen MR) is 124 cm³/mol. The molecule has 6 nitrogen and oxygen atoms in total. The van der Waals surface area contributed by atoms with E-state index in [1.807, 2.05) is 65.9 Å². The molecule has 0 fully saturated rings. The molecule has 0 saturated carbocycles. The molecule has 0 saturated heterocycles. The van der Waals surface area contributed by atoms with Crippen LogP contribution in [0.3, 0.4) is 0 Å². The summed E-state index contributed by atoms with van der Waals surface area (Å²) in [6.45, 7) is 6.57. The van der Waals surface area contributed by atoms with Crippen LogP contribution in [0.4, 0.5) is 0 Å². The van der Waals surface area contributed by atoms with E-state index < -0.39 is 0 Å². The number of fused-ring (bicyclic) bond motifs is 1. The maximum absolute atomic E-state index is 12.6. The standard InChI is InChI=1S/C26H30N4O2/c1-19-15-20(2)30(28-19)17-21-7-5-10-23(16-21)26(32)27-13-6-11-25(31)29-14-12-22-8-3-4-9-24(22)18-29/h3-5,7-10,15-16H,6,11-14,17-18H2,1-2H3,(H,27,32). The van der Waals surface area contributed by atoms with Crippen molar-refractivity contribution in [1.82, 2.24) is 20.0 Å². The Kier molecular flexibility index (Phi) is 6.69. The Labute approximate surface area is 189 Å². The number of hydrogen-bond acceptors (Lipinski definition) is 3. The summed E-state index contributed by atoms with van der Waals surface area (Å²) in [7, 11) is 0. The number of aryl methyl sites for hydroxylation is 2. The summed E-state index contributed by atoms with van der Waals surface area (Å²) in [5.74, 6) is 0.0419. The first kappa shape index (κ1) is 21.8. The van der Waals surface area contributed by atoms with Crippen molar-refractivity contribution in [3.05, 3.63) is 88.2 Å². The average molecular weight is 431 g/mol. The maximum atomic E-state index is 12.6. The van der Waals surface area contributed by atoms with Crippen molar-refractivity contribution >= 4 is 11.8 Å². The van der Waals surface area contributed by atoms with Gasteiger partial charge in [0.15, 0.2) is 0 Å². The van der Waals surface area contributed by atoms with Crippen molar-refractivity contribution in [1.29, 1.82) is 0 Å². The van der Waals surface area contributed by atoms with Gasteiger partial charge in [0, 0.05) is 37.3 Å². The van der Waals surface area contributed by atoms with Gasteiger partial charge in [-0.1, -0.05) is 36.4 Å². The Morgan fingerprint density at radius 2 is 1.84 bits per heavy atom. The monoisotopic (exact) mass is 430 g/mol. The molecule has 0 bridgehead atoms. The molecule has 0 atom stereocenters. The van der Waals surface area contributed by atoms with Crippen LogP contribution < -0.4 is 5.32 Å². The molecular formula is C26H30N4O2. The molecule has 0 aliphatic carbocycles. The molecule has 32 heavy (non-hydrogen) atoms. The molecule has 1 aliphatic heterocycles. The van der Waals surface area contributed by atoms with Gasteiger partial charge in [0.2, 0.25) is 5.91 Å². The van der Waals surface area contributed by atoms with Crippen molar-refractivity contribution < 1.29 is 9.59 Å². The van der Waals surface area contributed by atoms with E-state index in [0.717, 1.165) is 29.9 Å². The van der Waals surface area contributed by atoms with Gasteiger partial charge in [-0.25, -0.2) is 0 Å². The largest absolute Gasteiger partial charge is 0.352 e. The normalized spacial score (nSPS) is 13.0. The second-order valence-electron chi connectivity index (χ2n) is 8.48. The van der Waals surface area contributed by atoms with Gasteiger partial charge >= 0.3 is 0 Å². The lowest BCUT2D eigenvalue weighted by Crippen LogP contribution is -2.36. The van der Waals surface area contributed by atoms with Gasteiger partial charge in [-0.3, -0.25) is 14.3 Å². The van der Waals surface area contributed by atoms with Gasteiger partial charge in [-0.2, -0.15) is 5.10 Å². The summed E-state index contributed by atoms with van der Waals surface area (Å²) >= 11 is 0. The lowest BCUT2D eigenvalue weighted by molar-refractivity contribution is -0.132. The zero-order valence-corrected chi connectivity index (χ0v) is 18.8. The number of aromatic nitrogens is 2. The molecule has 0 unspecified atom stereocenters. The number of rotatable bonds is 7. The van der Waals surface area contributed by atoms with E-state index in [1.165, 1.54) is 11.1 Å². The zero-order valence-electron chi connectivity index (χ0n) is 18.8. The minimum atomic E-state index is -0.112. The first-order chi connectivity index (χ1) is 15.5. The number of benzene rings is 2. The van der Waals surface area contributed by atoms with Crippen LogP contribution in [0.15, 0.2) is 54.6 Å². The lowest BCUT2D eigenvalue weighted by Gasteiger charge is -2.29. The fraction of sp³-hybridized carbons (Fsp3) is 0.346. The van der Waals surface area contributed by atoms with Gasteiger partial charge in [-0.15, -0.1) is 0 Å². The molecule has 6 heteroatoms. The number of carbonyl (C=O) groups is 2. The van der Waals surface area contributed by atoms with Gasteiger partial charge in [-0.05, 0) is 61.6 Å². The molecule has 1 N–H and O–H groups in total. The van der Waals surface area contributed by atoms with E-state index >= 15 is 0 Å². The van der Waals surface area contributed by atoms with Crippen LogP contribution in [0.5, 0.6) is 0 Å². The maximum Gasteiger partial charge on any atom is 0.251 e. The number of nitrogens with one attached hydrogen (secondary N) is 1. The molecule has 1 aliphatic rings. The first-order valence-electron chi connectivity index (χ1n) is 11.2. The third kappa shape index (κ3) is 5.25. The van der Waals surface area contributed by atoms with E-state index in [2.05, 4.69) is 22.5 Å². The quantitative estimate of drug-likeness (QED) is 0.582. The van der Waals surface area contributed by atoms with Crippen molar-refractivity contribution in [3.63, 3.8) is 0 Å². The topological polar surface area (TPSA) is 67.2 Å². The summed E-state index contributed by atoms with van der Waals surface area (Å²) in [6.07, 6.45) is 1.99. The van der Waals surface area contributed by atoms with Gasteiger partial charge in [0.05, 0.1) is 12.2 Å². The van der Waals surface area contributed by atoms with Crippen molar-refractivity contribution in [3.8, 4) is 0 Å². The Balaban J connectivity index is 1.24. The summed E-state index contributed by atoms with van der Waals surface area (Å²) in [5.41, 5.74) is 6.32. The van der Waals surface area contributed by atoms with Crippen LogP contribution in [-0.4, -0.2) is 39.6 Å². The van der Waals surface area contributed by atoms with Gasteiger partial charge in [0.1, 0.15) is 0 Å². The molecular weight excluding hydrogens is 400 g/mol. The molecule has 166 valence electrons. The Morgan fingerprint density at radius 1 is 1.03 bits per heavy atom. The fourth-order valence-electron chi connectivity index (χ4n) is 4.23. The number of carbonyl (C=O) groups excluding carboxylic acids is 2. The molecule has 0 spiro atoms. The summed E-state index contributed by atoms with van der Waals surface area (Å²) in [5, 5.41) is 7.44. The minimum absolute atomic E-state index is 0.112. The van der Waals surface area contributed by atoms with Gasteiger partial charge < -0.3 is 10.2 Å². The van der Waals surface area contributed by atoms with E-state index in [9.17, 15) is 9.59 Å². The summed E-state index contributed by atoms with van der Waals surface area (Å²) < 4.78 is 1.94. The molecule has 0 radical (unpaired) electrons. The molecule has 2 heterocycles.